The number of rotatable bonds is 5. The smallest absolute Gasteiger partial charge is 0.241 e. The first-order valence-electron chi connectivity index (χ1n) is 19.9. The van der Waals surface area contributed by atoms with Crippen LogP contribution < -0.4 is 36.6 Å². The molecule has 0 saturated heterocycles. The van der Waals surface area contributed by atoms with Crippen LogP contribution in [0.2, 0.25) is 12.1 Å². The fourth-order valence-corrected chi connectivity index (χ4v) is 15.5. The van der Waals surface area contributed by atoms with Crippen LogP contribution in [0.3, 0.4) is 0 Å². The molecule has 0 N–H and O–H groups in total. The van der Waals surface area contributed by atoms with Gasteiger partial charge in [0.2, 0.25) is 6.71 Å². The van der Waals surface area contributed by atoms with Crippen molar-refractivity contribution in [3.05, 3.63) is 162 Å². The lowest BCUT2D eigenvalue weighted by Crippen LogP contribution is -2.80. The minimum Gasteiger partial charge on any atom is -0.310 e. The average Bonchev–Trinajstić information content (AvgIpc) is 3.21. The standard InChI is InChI=1S/C49H47BN2Si/c1-5-53(6-2)46-31-28-35(34-18-9-7-10-19-34)32-41(46)50-40-30-29-37(33-39(40)49(3,4)38-22-17-27-47(53)48(38)50)52-44-25-15-13-23-42(44)51(36-20-11-8-12-21-36)43-24-14-16-26-45(43)52/h7-13,15,17-23,25,27-33H,5-6,14,16,24,26H2,1-4H3. The molecule has 0 radical (unpaired) electrons. The Morgan fingerprint density at radius 2 is 1.19 bits per heavy atom. The largest absolute Gasteiger partial charge is 0.310 e. The molecule has 3 heterocycles. The summed E-state index contributed by atoms with van der Waals surface area (Å²) in [5.41, 5.74) is 18.1. The van der Waals surface area contributed by atoms with Gasteiger partial charge in [0.05, 0.1) is 11.4 Å². The Balaban J connectivity index is 1.20. The number of fused-ring (bicyclic) bond motifs is 5. The lowest BCUT2D eigenvalue weighted by molar-refractivity contribution is 0.641. The highest BCUT2D eigenvalue weighted by molar-refractivity contribution is 7.15. The van der Waals surface area contributed by atoms with Gasteiger partial charge < -0.3 is 9.80 Å². The first kappa shape index (κ1) is 32.6. The predicted molar refractivity (Wildman–Crippen MR) is 230 cm³/mol. The number of allylic oxidation sites excluding steroid dienone is 2. The van der Waals surface area contributed by atoms with Gasteiger partial charge in [-0.3, -0.25) is 0 Å². The summed E-state index contributed by atoms with van der Waals surface area (Å²) in [5, 5.41) is 3.32. The minimum absolute atomic E-state index is 0.140. The molecule has 6 aromatic rings. The third-order valence-corrected chi connectivity index (χ3v) is 18.8. The maximum absolute atomic E-state index is 2.62. The van der Waals surface area contributed by atoms with Crippen LogP contribution >= 0.6 is 0 Å². The van der Waals surface area contributed by atoms with E-state index < -0.39 is 8.07 Å². The molecule has 6 aromatic carbocycles. The van der Waals surface area contributed by atoms with Crippen LogP contribution in [0.5, 0.6) is 0 Å². The molecular weight excluding hydrogens is 655 g/mol. The van der Waals surface area contributed by atoms with Gasteiger partial charge in [-0.05, 0) is 84.3 Å². The zero-order chi connectivity index (χ0) is 35.9. The number of anilines is 4. The quantitative estimate of drug-likeness (QED) is 0.165. The van der Waals surface area contributed by atoms with E-state index in [1.807, 2.05) is 0 Å². The number of hydrogen-bond acceptors (Lipinski definition) is 2. The van der Waals surface area contributed by atoms with Crippen LogP contribution in [0.25, 0.3) is 11.1 Å². The molecule has 0 bridgehead atoms. The third-order valence-electron chi connectivity index (χ3n) is 13.4. The highest BCUT2D eigenvalue weighted by atomic mass is 28.3. The topological polar surface area (TPSA) is 6.48 Å². The Morgan fingerprint density at radius 3 is 1.87 bits per heavy atom. The van der Waals surface area contributed by atoms with Crippen LogP contribution in [0.15, 0.2) is 151 Å². The zero-order valence-electron chi connectivity index (χ0n) is 31.5. The second-order valence-corrected chi connectivity index (χ2v) is 20.8. The van der Waals surface area contributed by atoms with Crippen molar-refractivity contribution < 1.29 is 0 Å². The summed E-state index contributed by atoms with van der Waals surface area (Å²) in [6.45, 7) is 10.1. The monoisotopic (exact) mass is 702 g/mol. The lowest BCUT2D eigenvalue weighted by Gasteiger charge is -2.48. The van der Waals surface area contributed by atoms with Gasteiger partial charge in [-0.25, -0.2) is 0 Å². The third kappa shape index (κ3) is 4.64. The summed E-state index contributed by atoms with van der Waals surface area (Å²) in [7, 11) is -1.99. The van der Waals surface area contributed by atoms with Crippen LogP contribution in [-0.2, 0) is 5.41 Å². The molecule has 0 unspecified atom stereocenters. The summed E-state index contributed by atoms with van der Waals surface area (Å²) < 4.78 is 0. The molecule has 2 nitrogen and oxygen atoms in total. The number of para-hydroxylation sites is 3. The van der Waals surface area contributed by atoms with Gasteiger partial charge in [0.1, 0.15) is 8.07 Å². The van der Waals surface area contributed by atoms with Crippen molar-refractivity contribution in [2.75, 3.05) is 9.80 Å². The summed E-state index contributed by atoms with van der Waals surface area (Å²) in [6, 6.07) is 56.0. The van der Waals surface area contributed by atoms with Crippen LogP contribution in [0.1, 0.15) is 64.5 Å². The van der Waals surface area contributed by atoms with E-state index in [1.165, 1.54) is 86.8 Å². The summed E-state index contributed by atoms with van der Waals surface area (Å²) in [5.74, 6) is 0. The molecule has 0 spiro atoms. The molecule has 10 rings (SSSR count). The van der Waals surface area contributed by atoms with E-state index in [2.05, 4.69) is 177 Å². The summed E-state index contributed by atoms with van der Waals surface area (Å²) in [4.78, 5) is 5.17. The van der Waals surface area contributed by atoms with Crippen LogP contribution in [0.4, 0.5) is 22.7 Å². The zero-order valence-corrected chi connectivity index (χ0v) is 32.5. The van der Waals surface area contributed by atoms with E-state index in [4.69, 9.17) is 0 Å². The van der Waals surface area contributed by atoms with Gasteiger partial charge in [-0.1, -0.05) is 170 Å². The second kappa shape index (κ2) is 12.2. The molecule has 3 aliphatic heterocycles. The van der Waals surface area contributed by atoms with Gasteiger partial charge in [-0.2, -0.15) is 0 Å². The number of benzene rings is 6. The Labute approximate surface area is 316 Å². The minimum atomic E-state index is -1.99. The van der Waals surface area contributed by atoms with Crippen LogP contribution in [-0.4, -0.2) is 14.8 Å². The van der Waals surface area contributed by atoms with Gasteiger partial charge in [0, 0.05) is 28.2 Å². The van der Waals surface area contributed by atoms with Gasteiger partial charge in [0.15, 0.2) is 0 Å². The van der Waals surface area contributed by atoms with Gasteiger partial charge in [-0.15, -0.1) is 0 Å². The Morgan fingerprint density at radius 1 is 0.547 bits per heavy atom. The lowest BCUT2D eigenvalue weighted by atomic mass is 9.31. The Kier molecular flexibility index (Phi) is 7.53. The number of nitrogens with zero attached hydrogens (tertiary/aromatic N) is 2. The molecule has 0 aromatic heterocycles. The highest BCUT2D eigenvalue weighted by Gasteiger charge is 2.51. The normalized spacial score (nSPS) is 17.4. The van der Waals surface area contributed by atoms with Crippen molar-refractivity contribution in [3.63, 3.8) is 0 Å². The fraction of sp³-hybridized carbons (Fsp3) is 0.224. The predicted octanol–water partition coefficient (Wildman–Crippen LogP) is 9.50. The van der Waals surface area contributed by atoms with E-state index in [0.717, 1.165) is 12.8 Å². The Hall–Kier alpha value is -5.06. The molecular formula is C49H47BN2Si. The maximum Gasteiger partial charge on any atom is 0.241 e. The van der Waals surface area contributed by atoms with Crippen molar-refractivity contribution in [2.24, 2.45) is 0 Å². The average molecular weight is 703 g/mol. The number of hydrogen-bond donors (Lipinski definition) is 0. The first-order valence-corrected chi connectivity index (χ1v) is 22.3. The van der Waals surface area contributed by atoms with E-state index >= 15 is 0 Å². The summed E-state index contributed by atoms with van der Waals surface area (Å²) >= 11 is 0. The van der Waals surface area contributed by atoms with Crippen molar-refractivity contribution in [2.45, 2.75) is 70.9 Å². The summed E-state index contributed by atoms with van der Waals surface area (Å²) in [6.07, 6.45) is 4.61. The molecule has 0 saturated carbocycles. The molecule has 0 atom stereocenters. The van der Waals surface area contributed by atoms with Gasteiger partial charge >= 0.3 is 0 Å². The van der Waals surface area contributed by atoms with Crippen molar-refractivity contribution >= 4 is 64.3 Å². The van der Waals surface area contributed by atoms with Crippen molar-refractivity contribution in [3.8, 4) is 11.1 Å². The molecule has 0 amide bonds. The highest BCUT2D eigenvalue weighted by Crippen LogP contribution is 2.51. The molecule has 0 fully saturated rings. The van der Waals surface area contributed by atoms with E-state index in [9.17, 15) is 0 Å². The van der Waals surface area contributed by atoms with Crippen molar-refractivity contribution in [1.29, 1.82) is 0 Å². The second-order valence-electron chi connectivity index (χ2n) is 16.1. The fourth-order valence-electron chi connectivity index (χ4n) is 10.8. The van der Waals surface area contributed by atoms with E-state index in [0.29, 0.717) is 0 Å². The Bertz CT molecular complexity index is 2430. The first-order chi connectivity index (χ1) is 26.0. The molecule has 1 aliphatic carbocycles. The van der Waals surface area contributed by atoms with Crippen molar-refractivity contribution in [1.82, 2.24) is 0 Å². The van der Waals surface area contributed by atoms with Gasteiger partial charge in [0.25, 0.3) is 0 Å². The maximum atomic E-state index is 2.62. The molecule has 53 heavy (non-hydrogen) atoms. The van der Waals surface area contributed by atoms with E-state index in [1.54, 1.807) is 21.3 Å². The van der Waals surface area contributed by atoms with Crippen LogP contribution in [0, 0.1) is 0 Å². The molecule has 260 valence electrons. The SMILES string of the molecule is CC[Si]1(CC)c2ccc(-c3ccccc3)cc2B2c3ccc(N4C5=C(CCCC5)N(c5ccccc5)c5ccccc54)cc3C(C)(C)c3cccc1c32. The molecule has 4 aliphatic rings. The van der Waals surface area contributed by atoms with E-state index in [-0.39, 0.29) is 12.1 Å². The molecule has 4 heteroatoms.